The zero-order valence-electron chi connectivity index (χ0n) is 15.0. The number of ether oxygens (including phenoxy) is 1. The number of hydrogen-bond acceptors (Lipinski definition) is 5. The molecule has 1 saturated carbocycles. The molecule has 1 aliphatic carbocycles. The number of carbonyl (C=O) groups excluding carboxylic acids is 4. The Hall–Kier alpha value is -2.70. The summed E-state index contributed by atoms with van der Waals surface area (Å²) >= 11 is 0. The molecule has 3 aliphatic rings. The summed E-state index contributed by atoms with van der Waals surface area (Å²) in [6.45, 7) is 0.783. The molecule has 0 spiro atoms. The number of esters is 1. The van der Waals surface area contributed by atoms with Gasteiger partial charge < -0.3 is 15.0 Å². The van der Waals surface area contributed by atoms with E-state index in [1.807, 2.05) is 0 Å². The van der Waals surface area contributed by atoms with Crippen LogP contribution in [-0.4, -0.2) is 48.2 Å². The molecule has 1 N–H and O–H groups in total. The van der Waals surface area contributed by atoms with Gasteiger partial charge in [0.1, 0.15) is 0 Å². The van der Waals surface area contributed by atoms with Crippen molar-refractivity contribution in [3.63, 3.8) is 0 Å². The van der Waals surface area contributed by atoms with Gasteiger partial charge in [-0.1, -0.05) is 0 Å². The van der Waals surface area contributed by atoms with Gasteiger partial charge in [0, 0.05) is 37.2 Å². The van der Waals surface area contributed by atoms with E-state index >= 15 is 0 Å². The van der Waals surface area contributed by atoms with Gasteiger partial charge in [0.05, 0.1) is 5.92 Å². The lowest BCUT2D eigenvalue weighted by molar-refractivity contribution is -0.147. The fourth-order valence-electron chi connectivity index (χ4n) is 3.61. The lowest BCUT2D eigenvalue weighted by Gasteiger charge is -2.17. The van der Waals surface area contributed by atoms with E-state index in [-0.39, 0.29) is 30.6 Å². The predicted octanol–water partition coefficient (Wildman–Crippen LogP) is 1.56. The number of amides is 2. The summed E-state index contributed by atoms with van der Waals surface area (Å²) in [5.41, 5.74) is 2.08. The first-order valence-electron chi connectivity index (χ1n) is 9.40. The fourth-order valence-corrected chi connectivity index (χ4v) is 3.61. The van der Waals surface area contributed by atoms with Crippen LogP contribution in [0.3, 0.4) is 0 Å². The molecule has 1 aromatic rings. The molecule has 2 fully saturated rings. The van der Waals surface area contributed by atoms with E-state index in [2.05, 4.69) is 5.32 Å². The predicted molar refractivity (Wildman–Crippen MR) is 96.1 cm³/mol. The highest BCUT2D eigenvalue weighted by Crippen LogP contribution is 2.32. The Labute approximate surface area is 157 Å². The van der Waals surface area contributed by atoms with Crippen LogP contribution < -0.4 is 5.32 Å². The molecule has 7 heteroatoms. The van der Waals surface area contributed by atoms with Gasteiger partial charge in [0.2, 0.25) is 11.8 Å². The van der Waals surface area contributed by atoms with Gasteiger partial charge in [0.15, 0.2) is 12.4 Å². The third kappa shape index (κ3) is 4.02. The first-order chi connectivity index (χ1) is 13.0. The number of fused-ring (bicyclic) bond motifs is 1. The van der Waals surface area contributed by atoms with Gasteiger partial charge in [-0.05, 0) is 48.9 Å². The number of hydrogen-bond donors (Lipinski definition) is 1. The minimum Gasteiger partial charge on any atom is -0.457 e. The zero-order valence-corrected chi connectivity index (χ0v) is 15.0. The summed E-state index contributed by atoms with van der Waals surface area (Å²) < 4.78 is 5.18. The van der Waals surface area contributed by atoms with E-state index in [0.29, 0.717) is 30.9 Å². The maximum atomic E-state index is 12.4. The zero-order chi connectivity index (χ0) is 19.0. The van der Waals surface area contributed by atoms with Crippen LogP contribution in [0.5, 0.6) is 0 Å². The maximum Gasteiger partial charge on any atom is 0.311 e. The average molecular weight is 370 g/mol. The molecule has 1 saturated heterocycles. The number of benzene rings is 1. The molecule has 0 radical (unpaired) electrons. The van der Waals surface area contributed by atoms with Crippen molar-refractivity contribution in [3.8, 4) is 0 Å². The van der Waals surface area contributed by atoms with Gasteiger partial charge >= 0.3 is 5.97 Å². The highest BCUT2D eigenvalue weighted by molar-refractivity contribution is 6.00. The molecule has 27 heavy (non-hydrogen) atoms. The van der Waals surface area contributed by atoms with E-state index in [9.17, 15) is 19.2 Å². The lowest BCUT2D eigenvalue weighted by atomic mass is 9.99. The van der Waals surface area contributed by atoms with Crippen LogP contribution in [0, 0.1) is 11.8 Å². The molecule has 1 unspecified atom stereocenters. The number of nitrogens with zero attached hydrogens (tertiary/aromatic N) is 1. The van der Waals surface area contributed by atoms with Gasteiger partial charge in [-0.3, -0.25) is 19.2 Å². The SMILES string of the molecule is O=C1CCc2cc(C(=O)COC(=O)C3CC(=O)N(CC4CC4)C3)ccc2N1. The summed E-state index contributed by atoms with van der Waals surface area (Å²) in [6.07, 6.45) is 3.45. The number of likely N-dealkylation sites (tertiary alicyclic amines) is 1. The Bertz CT molecular complexity index is 815. The second kappa shape index (κ2) is 7.13. The number of carbonyl (C=O) groups is 4. The standard InChI is InChI=1S/C20H22N2O5/c23-17(14-3-5-16-13(7-14)4-6-18(24)21-16)11-27-20(26)15-8-19(25)22(10-15)9-12-1-2-12/h3,5,7,12,15H,1-2,4,6,8-11H2,(H,21,24). The van der Waals surface area contributed by atoms with Crippen LogP contribution in [0.25, 0.3) is 0 Å². The van der Waals surface area contributed by atoms with Crippen molar-refractivity contribution in [2.45, 2.75) is 32.1 Å². The van der Waals surface area contributed by atoms with Gasteiger partial charge in [0.25, 0.3) is 0 Å². The molecule has 2 aliphatic heterocycles. The average Bonchev–Trinajstić information content (AvgIpc) is 3.40. The Kier molecular flexibility index (Phi) is 4.68. The number of aryl methyl sites for hydroxylation is 1. The van der Waals surface area contributed by atoms with E-state index in [1.54, 1.807) is 23.1 Å². The Balaban J connectivity index is 1.30. The topological polar surface area (TPSA) is 92.8 Å². The van der Waals surface area contributed by atoms with Crippen molar-refractivity contribution in [1.82, 2.24) is 4.90 Å². The highest BCUT2D eigenvalue weighted by Gasteiger charge is 2.38. The van der Waals surface area contributed by atoms with Crippen LogP contribution in [0.15, 0.2) is 18.2 Å². The highest BCUT2D eigenvalue weighted by atomic mass is 16.5. The summed E-state index contributed by atoms with van der Waals surface area (Å²) in [5.74, 6) is -0.714. The Morgan fingerprint density at radius 3 is 2.78 bits per heavy atom. The number of Topliss-reactive ketones (excluding diaryl/α,β-unsaturated/α-hetero) is 1. The van der Waals surface area contributed by atoms with E-state index in [4.69, 9.17) is 4.74 Å². The fraction of sp³-hybridized carbons (Fsp3) is 0.500. The van der Waals surface area contributed by atoms with E-state index < -0.39 is 11.9 Å². The quantitative estimate of drug-likeness (QED) is 0.606. The lowest BCUT2D eigenvalue weighted by Crippen LogP contribution is -2.29. The molecular weight excluding hydrogens is 348 g/mol. The van der Waals surface area contributed by atoms with Crippen molar-refractivity contribution in [1.29, 1.82) is 0 Å². The molecule has 1 aromatic carbocycles. The minimum absolute atomic E-state index is 0.00749. The number of nitrogens with one attached hydrogen (secondary N) is 1. The van der Waals surface area contributed by atoms with Gasteiger partial charge in [-0.2, -0.15) is 0 Å². The molecule has 2 amide bonds. The molecular formula is C20H22N2O5. The summed E-state index contributed by atoms with van der Waals surface area (Å²) in [5, 5.41) is 2.77. The number of anilines is 1. The minimum atomic E-state index is -0.486. The molecule has 4 rings (SSSR count). The first-order valence-corrected chi connectivity index (χ1v) is 9.40. The number of rotatable bonds is 6. The smallest absolute Gasteiger partial charge is 0.311 e. The molecule has 2 heterocycles. The van der Waals surface area contributed by atoms with E-state index in [1.165, 1.54) is 0 Å². The Morgan fingerprint density at radius 1 is 1.19 bits per heavy atom. The van der Waals surface area contributed by atoms with Crippen molar-refractivity contribution < 1.29 is 23.9 Å². The third-order valence-corrected chi connectivity index (χ3v) is 5.39. The second-order valence-electron chi connectivity index (χ2n) is 7.59. The summed E-state index contributed by atoms with van der Waals surface area (Å²) in [4.78, 5) is 49.7. The van der Waals surface area contributed by atoms with Crippen LogP contribution >= 0.6 is 0 Å². The van der Waals surface area contributed by atoms with Crippen LogP contribution in [0.2, 0.25) is 0 Å². The third-order valence-electron chi connectivity index (χ3n) is 5.39. The monoisotopic (exact) mass is 370 g/mol. The van der Waals surface area contributed by atoms with Gasteiger partial charge in [-0.15, -0.1) is 0 Å². The molecule has 0 aromatic heterocycles. The molecule has 142 valence electrons. The van der Waals surface area contributed by atoms with Crippen LogP contribution in [0.1, 0.15) is 41.6 Å². The van der Waals surface area contributed by atoms with Crippen molar-refractivity contribution in [2.75, 3.05) is 25.0 Å². The Morgan fingerprint density at radius 2 is 2.00 bits per heavy atom. The van der Waals surface area contributed by atoms with Crippen molar-refractivity contribution >= 4 is 29.3 Å². The van der Waals surface area contributed by atoms with Crippen molar-refractivity contribution in [2.24, 2.45) is 11.8 Å². The molecule has 7 nitrogen and oxygen atoms in total. The second-order valence-corrected chi connectivity index (χ2v) is 7.59. The molecule has 0 bridgehead atoms. The summed E-state index contributed by atoms with van der Waals surface area (Å²) in [7, 11) is 0. The number of ketones is 1. The van der Waals surface area contributed by atoms with E-state index in [0.717, 1.165) is 30.6 Å². The summed E-state index contributed by atoms with van der Waals surface area (Å²) in [6, 6.07) is 5.06. The largest absolute Gasteiger partial charge is 0.457 e. The first kappa shape index (κ1) is 17.7. The van der Waals surface area contributed by atoms with Gasteiger partial charge in [-0.25, -0.2) is 0 Å². The van der Waals surface area contributed by atoms with Crippen LogP contribution in [0.4, 0.5) is 5.69 Å². The maximum absolute atomic E-state index is 12.4. The van der Waals surface area contributed by atoms with Crippen LogP contribution in [-0.2, 0) is 25.5 Å². The normalized spacial score (nSPS) is 21.6. The molecule has 1 atom stereocenters. The van der Waals surface area contributed by atoms with Crippen molar-refractivity contribution in [3.05, 3.63) is 29.3 Å².